The lowest BCUT2D eigenvalue weighted by molar-refractivity contribution is 0.670. The van der Waals surface area contributed by atoms with Crippen molar-refractivity contribution in [3.05, 3.63) is 237 Å². The van der Waals surface area contributed by atoms with Gasteiger partial charge in [0, 0.05) is 33.4 Å². The topological polar surface area (TPSA) is 16.4 Å². The van der Waals surface area contributed by atoms with Gasteiger partial charge in [-0.3, -0.25) is 0 Å². The van der Waals surface area contributed by atoms with Gasteiger partial charge in [0.2, 0.25) is 0 Å². The molecule has 0 saturated carbocycles. The molecule has 282 valence electrons. The third-order valence-electron chi connectivity index (χ3n) is 11.7. The number of para-hydroxylation sites is 1. The number of rotatable bonds is 8. The van der Waals surface area contributed by atoms with Crippen LogP contribution in [0.4, 0.5) is 17.1 Å². The minimum Gasteiger partial charge on any atom is -0.455 e. The molecule has 0 fully saturated rings. The van der Waals surface area contributed by atoms with Crippen molar-refractivity contribution in [1.29, 1.82) is 0 Å². The summed E-state index contributed by atoms with van der Waals surface area (Å²) >= 11 is 0. The number of hydrogen-bond donors (Lipinski definition) is 0. The van der Waals surface area contributed by atoms with Crippen LogP contribution in [-0.4, -0.2) is 0 Å². The van der Waals surface area contributed by atoms with Gasteiger partial charge in [0.1, 0.15) is 11.2 Å². The molecular formula is C58H39NO. The van der Waals surface area contributed by atoms with Crippen molar-refractivity contribution in [2.75, 3.05) is 4.90 Å². The zero-order chi connectivity index (χ0) is 39.8. The van der Waals surface area contributed by atoms with E-state index in [4.69, 9.17) is 4.42 Å². The maximum atomic E-state index is 6.49. The summed E-state index contributed by atoms with van der Waals surface area (Å²) in [4.78, 5) is 2.35. The van der Waals surface area contributed by atoms with Crippen molar-refractivity contribution < 1.29 is 4.42 Å². The van der Waals surface area contributed by atoms with Crippen LogP contribution < -0.4 is 4.90 Å². The highest BCUT2D eigenvalue weighted by Gasteiger charge is 2.17. The zero-order valence-electron chi connectivity index (χ0n) is 32.9. The molecule has 2 heteroatoms. The van der Waals surface area contributed by atoms with E-state index >= 15 is 0 Å². The number of furan rings is 1. The van der Waals surface area contributed by atoms with Crippen molar-refractivity contribution in [3.63, 3.8) is 0 Å². The molecule has 0 aliphatic rings. The molecule has 0 aliphatic heterocycles. The molecule has 0 amide bonds. The molecule has 0 aliphatic carbocycles. The fraction of sp³-hybridized carbons (Fsp3) is 0. The summed E-state index contributed by atoms with van der Waals surface area (Å²) in [7, 11) is 0. The molecule has 0 bridgehead atoms. The van der Waals surface area contributed by atoms with E-state index in [2.05, 4.69) is 235 Å². The first-order valence-corrected chi connectivity index (χ1v) is 20.5. The van der Waals surface area contributed by atoms with E-state index in [9.17, 15) is 0 Å². The summed E-state index contributed by atoms with van der Waals surface area (Å²) in [5.74, 6) is 0. The van der Waals surface area contributed by atoms with Crippen molar-refractivity contribution in [1.82, 2.24) is 0 Å². The van der Waals surface area contributed by atoms with E-state index in [0.717, 1.165) is 61.3 Å². The highest BCUT2D eigenvalue weighted by atomic mass is 16.3. The van der Waals surface area contributed by atoms with E-state index < -0.39 is 0 Å². The third kappa shape index (κ3) is 6.41. The van der Waals surface area contributed by atoms with Crippen molar-refractivity contribution >= 4 is 49.8 Å². The lowest BCUT2D eigenvalue weighted by atomic mass is 9.94. The van der Waals surface area contributed by atoms with Crippen LogP contribution in [-0.2, 0) is 0 Å². The van der Waals surface area contributed by atoms with Crippen LogP contribution in [0.2, 0.25) is 0 Å². The summed E-state index contributed by atoms with van der Waals surface area (Å²) in [6, 6.07) is 84.7. The molecule has 60 heavy (non-hydrogen) atoms. The zero-order valence-corrected chi connectivity index (χ0v) is 32.9. The van der Waals surface area contributed by atoms with Gasteiger partial charge < -0.3 is 9.32 Å². The van der Waals surface area contributed by atoms with Gasteiger partial charge in [-0.05, 0) is 109 Å². The van der Waals surface area contributed by atoms with Crippen LogP contribution in [0.3, 0.4) is 0 Å². The van der Waals surface area contributed by atoms with Gasteiger partial charge >= 0.3 is 0 Å². The molecule has 0 spiro atoms. The van der Waals surface area contributed by atoms with Gasteiger partial charge in [0.15, 0.2) is 0 Å². The Morgan fingerprint density at radius 1 is 0.267 bits per heavy atom. The minimum absolute atomic E-state index is 0.890. The van der Waals surface area contributed by atoms with Crippen LogP contribution >= 0.6 is 0 Å². The average Bonchev–Trinajstić information content (AvgIpc) is 3.71. The second-order valence-corrected chi connectivity index (χ2v) is 15.3. The first kappa shape index (κ1) is 35.2. The summed E-state index contributed by atoms with van der Waals surface area (Å²) < 4.78 is 6.49. The van der Waals surface area contributed by atoms with Crippen molar-refractivity contribution in [3.8, 4) is 55.6 Å². The normalized spacial score (nSPS) is 11.3. The van der Waals surface area contributed by atoms with Gasteiger partial charge in [0.25, 0.3) is 0 Å². The predicted octanol–water partition coefficient (Wildman–Crippen LogP) is 16.5. The van der Waals surface area contributed by atoms with Crippen LogP contribution in [0.1, 0.15) is 0 Å². The van der Waals surface area contributed by atoms with Crippen LogP contribution in [0.5, 0.6) is 0 Å². The van der Waals surface area contributed by atoms with E-state index in [0.29, 0.717) is 0 Å². The Balaban J connectivity index is 0.972. The SMILES string of the molecule is c1ccc(-c2ccccc2-c2ccc(N(c3ccc(-c4ccc5oc6c(-c7ccccc7)cccc6c5c4)cc3)c3ccc(-c4cccc5ccccc45)cc3)cc2)cc1. The molecule has 11 aromatic rings. The number of nitrogens with zero attached hydrogens (tertiary/aromatic N) is 1. The smallest absolute Gasteiger partial charge is 0.143 e. The Morgan fingerprint density at radius 3 is 1.35 bits per heavy atom. The van der Waals surface area contributed by atoms with E-state index in [1.165, 1.54) is 44.2 Å². The van der Waals surface area contributed by atoms with Gasteiger partial charge in [-0.15, -0.1) is 0 Å². The predicted molar refractivity (Wildman–Crippen MR) is 253 cm³/mol. The van der Waals surface area contributed by atoms with Gasteiger partial charge in [-0.2, -0.15) is 0 Å². The second kappa shape index (κ2) is 15.1. The highest BCUT2D eigenvalue weighted by molar-refractivity contribution is 6.10. The first-order valence-electron chi connectivity index (χ1n) is 20.5. The number of hydrogen-bond acceptors (Lipinski definition) is 2. The van der Waals surface area contributed by atoms with Gasteiger partial charge in [-0.25, -0.2) is 0 Å². The standard InChI is InChI=1S/C58H39NO/c1-3-13-41(14-4-1)50-20-9-10-21-52(50)44-27-34-48(35-28-44)59(49-36-29-45(30-37-49)53-22-11-18-42-17-7-8-19-51(42)53)47-32-25-40(26-33-47)46-31-38-57-56(39-46)55-24-12-23-54(58(55)60-57)43-15-5-2-6-16-43/h1-39H. The molecule has 0 unspecified atom stereocenters. The fourth-order valence-corrected chi connectivity index (χ4v) is 8.73. The Morgan fingerprint density at radius 2 is 0.700 bits per heavy atom. The molecule has 1 aromatic heterocycles. The number of benzene rings is 10. The second-order valence-electron chi connectivity index (χ2n) is 15.3. The third-order valence-corrected chi connectivity index (χ3v) is 11.7. The molecule has 0 radical (unpaired) electrons. The Labute approximate surface area is 349 Å². The Hall–Kier alpha value is -7.94. The quantitative estimate of drug-likeness (QED) is 0.153. The van der Waals surface area contributed by atoms with Gasteiger partial charge in [0.05, 0.1) is 0 Å². The number of anilines is 3. The molecule has 0 saturated heterocycles. The lowest BCUT2D eigenvalue weighted by Crippen LogP contribution is -2.09. The van der Waals surface area contributed by atoms with Gasteiger partial charge in [-0.1, -0.05) is 188 Å². The van der Waals surface area contributed by atoms with Crippen molar-refractivity contribution in [2.45, 2.75) is 0 Å². The largest absolute Gasteiger partial charge is 0.455 e. The average molecular weight is 766 g/mol. The highest BCUT2D eigenvalue weighted by Crippen LogP contribution is 2.41. The molecular weight excluding hydrogens is 727 g/mol. The Kier molecular flexibility index (Phi) is 8.87. The summed E-state index contributed by atoms with van der Waals surface area (Å²) in [5.41, 5.74) is 16.9. The minimum atomic E-state index is 0.890. The summed E-state index contributed by atoms with van der Waals surface area (Å²) in [5, 5.41) is 4.74. The summed E-state index contributed by atoms with van der Waals surface area (Å²) in [6.07, 6.45) is 0. The van der Waals surface area contributed by atoms with E-state index in [1.807, 2.05) is 6.07 Å². The van der Waals surface area contributed by atoms with E-state index in [1.54, 1.807) is 0 Å². The lowest BCUT2D eigenvalue weighted by Gasteiger charge is -2.26. The monoisotopic (exact) mass is 765 g/mol. The summed E-state index contributed by atoms with van der Waals surface area (Å²) in [6.45, 7) is 0. The molecule has 0 N–H and O–H groups in total. The molecule has 11 rings (SSSR count). The Bertz CT molecular complexity index is 3270. The molecule has 10 aromatic carbocycles. The molecule has 1 heterocycles. The number of fused-ring (bicyclic) bond motifs is 4. The van der Waals surface area contributed by atoms with Crippen LogP contribution in [0, 0.1) is 0 Å². The van der Waals surface area contributed by atoms with Crippen LogP contribution in [0.25, 0.3) is 88.3 Å². The maximum Gasteiger partial charge on any atom is 0.143 e. The molecule has 0 atom stereocenters. The van der Waals surface area contributed by atoms with E-state index in [-0.39, 0.29) is 0 Å². The van der Waals surface area contributed by atoms with Crippen molar-refractivity contribution in [2.24, 2.45) is 0 Å². The fourth-order valence-electron chi connectivity index (χ4n) is 8.73. The molecule has 2 nitrogen and oxygen atoms in total. The maximum absolute atomic E-state index is 6.49. The first-order chi connectivity index (χ1) is 29.7. The van der Waals surface area contributed by atoms with Crippen LogP contribution in [0.15, 0.2) is 241 Å².